The summed E-state index contributed by atoms with van der Waals surface area (Å²) < 4.78 is 33.7. The minimum absolute atomic E-state index is 0.0803. The number of anilines is 1. The van der Waals surface area contributed by atoms with Gasteiger partial charge in [-0.05, 0) is 30.8 Å². The van der Waals surface area contributed by atoms with Crippen molar-refractivity contribution in [1.29, 1.82) is 0 Å². The molecule has 0 saturated heterocycles. The fraction of sp³-hybridized carbons (Fsp3) is 0.316. The molecule has 0 unspecified atom stereocenters. The van der Waals surface area contributed by atoms with Crippen molar-refractivity contribution < 1.29 is 28.0 Å². The van der Waals surface area contributed by atoms with Crippen LogP contribution in [-0.4, -0.2) is 43.0 Å². The Bertz CT molecular complexity index is 846. The monoisotopic (exact) mass is 409 g/mol. The standard InChI is InChI=1S/C19H21F2N3O5/c1-23(12-13-3-6-15(7-4-13)29-19(20)21)10-9-18(25)22-16-11-14(24(26)27)5-8-17(16)28-2/h3-8,11,19H,9-10,12H2,1-2H3,(H,22,25). The number of hydrogen-bond donors (Lipinski definition) is 1. The summed E-state index contributed by atoms with van der Waals surface area (Å²) in [5.41, 5.74) is 0.941. The zero-order chi connectivity index (χ0) is 21.4. The van der Waals surface area contributed by atoms with E-state index in [9.17, 15) is 23.7 Å². The Kier molecular flexibility index (Phi) is 7.84. The second-order valence-corrected chi connectivity index (χ2v) is 6.20. The van der Waals surface area contributed by atoms with Crippen LogP contribution in [0.4, 0.5) is 20.2 Å². The topological polar surface area (TPSA) is 93.9 Å². The van der Waals surface area contributed by atoms with Crippen molar-refractivity contribution in [2.45, 2.75) is 19.6 Å². The Morgan fingerprint density at radius 3 is 2.52 bits per heavy atom. The van der Waals surface area contributed by atoms with E-state index in [0.717, 1.165) is 5.56 Å². The summed E-state index contributed by atoms with van der Waals surface area (Å²) in [5.74, 6) is 0.0800. The summed E-state index contributed by atoms with van der Waals surface area (Å²) in [4.78, 5) is 24.4. The number of rotatable bonds is 10. The highest BCUT2D eigenvalue weighted by Crippen LogP contribution is 2.29. The van der Waals surface area contributed by atoms with Crippen molar-refractivity contribution in [3.63, 3.8) is 0 Å². The van der Waals surface area contributed by atoms with E-state index < -0.39 is 11.5 Å². The van der Waals surface area contributed by atoms with Crippen molar-refractivity contribution in [2.75, 3.05) is 26.0 Å². The first kappa shape index (κ1) is 22.0. The largest absolute Gasteiger partial charge is 0.495 e. The summed E-state index contributed by atoms with van der Waals surface area (Å²) in [6, 6.07) is 10.2. The molecule has 10 heteroatoms. The third-order valence-electron chi connectivity index (χ3n) is 3.99. The summed E-state index contributed by atoms with van der Waals surface area (Å²) in [5, 5.41) is 13.5. The van der Waals surface area contributed by atoms with Crippen molar-refractivity contribution >= 4 is 17.3 Å². The molecule has 2 aromatic carbocycles. The molecule has 0 saturated carbocycles. The molecular weight excluding hydrogens is 388 g/mol. The number of nitrogens with one attached hydrogen (secondary N) is 1. The van der Waals surface area contributed by atoms with Crippen LogP contribution >= 0.6 is 0 Å². The number of hydrogen-bond acceptors (Lipinski definition) is 6. The van der Waals surface area contributed by atoms with E-state index in [1.807, 2.05) is 11.9 Å². The van der Waals surface area contributed by atoms with E-state index >= 15 is 0 Å². The smallest absolute Gasteiger partial charge is 0.387 e. The first-order chi connectivity index (χ1) is 13.8. The highest BCUT2D eigenvalue weighted by atomic mass is 19.3. The Balaban J connectivity index is 1.87. The average molecular weight is 409 g/mol. The number of nitro benzene ring substituents is 1. The van der Waals surface area contributed by atoms with Crippen molar-refractivity contribution in [1.82, 2.24) is 4.90 Å². The molecule has 0 bridgehead atoms. The summed E-state index contributed by atoms with van der Waals surface area (Å²) >= 11 is 0. The van der Waals surface area contributed by atoms with Crippen LogP contribution in [0.1, 0.15) is 12.0 Å². The van der Waals surface area contributed by atoms with E-state index in [2.05, 4.69) is 10.1 Å². The molecule has 0 spiro atoms. The first-order valence-corrected chi connectivity index (χ1v) is 8.63. The van der Waals surface area contributed by atoms with Gasteiger partial charge < -0.3 is 19.7 Å². The molecule has 0 aliphatic rings. The molecule has 0 aliphatic heterocycles. The molecule has 156 valence electrons. The van der Waals surface area contributed by atoms with E-state index in [1.165, 1.54) is 37.4 Å². The second-order valence-electron chi connectivity index (χ2n) is 6.20. The number of ether oxygens (including phenoxy) is 2. The normalized spacial score (nSPS) is 10.8. The molecule has 8 nitrogen and oxygen atoms in total. The van der Waals surface area contributed by atoms with Crippen molar-refractivity contribution in [3.05, 3.63) is 58.1 Å². The fourth-order valence-electron chi connectivity index (χ4n) is 2.58. The molecule has 29 heavy (non-hydrogen) atoms. The Morgan fingerprint density at radius 2 is 1.93 bits per heavy atom. The molecule has 0 radical (unpaired) electrons. The Morgan fingerprint density at radius 1 is 1.24 bits per heavy atom. The molecule has 0 heterocycles. The maximum atomic E-state index is 12.2. The van der Waals surface area contributed by atoms with Crippen LogP contribution in [0.2, 0.25) is 0 Å². The number of carbonyl (C=O) groups is 1. The van der Waals surface area contributed by atoms with Crippen LogP contribution in [-0.2, 0) is 11.3 Å². The lowest BCUT2D eigenvalue weighted by molar-refractivity contribution is -0.384. The minimum Gasteiger partial charge on any atom is -0.495 e. The first-order valence-electron chi connectivity index (χ1n) is 8.63. The van der Waals surface area contributed by atoms with Gasteiger partial charge in [0.05, 0.1) is 17.7 Å². The van der Waals surface area contributed by atoms with Gasteiger partial charge in [0.25, 0.3) is 5.69 Å². The number of carbonyl (C=O) groups excluding carboxylic acids is 1. The summed E-state index contributed by atoms with van der Waals surface area (Å²) in [7, 11) is 3.22. The lowest BCUT2D eigenvalue weighted by Crippen LogP contribution is -2.24. The average Bonchev–Trinajstić information content (AvgIpc) is 2.67. The van der Waals surface area contributed by atoms with Crippen molar-refractivity contribution in [2.24, 2.45) is 0 Å². The SMILES string of the molecule is COc1ccc([N+](=O)[O-])cc1NC(=O)CCN(C)Cc1ccc(OC(F)F)cc1. The number of benzene rings is 2. The van der Waals surface area contributed by atoms with Crippen LogP contribution < -0.4 is 14.8 Å². The molecule has 2 rings (SSSR count). The van der Waals surface area contributed by atoms with Crippen LogP contribution in [0, 0.1) is 10.1 Å². The molecular formula is C19H21F2N3O5. The van der Waals surface area contributed by atoms with Gasteiger partial charge in [-0.25, -0.2) is 0 Å². The number of halogens is 2. The quantitative estimate of drug-likeness (QED) is 0.475. The van der Waals surface area contributed by atoms with Gasteiger partial charge in [0.2, 0.25) is 5.91 Å². The lowest BCUT2D eigenvalue weighted by Gasteiger charge is -2.17. The molecule has 0 aliphatic carbocycles. The molecule has 2 aromatic rings. The van der Waals surface area contributed by atoms with Gasteiger partial charge in [0.15, 0.2) is 0 Å². The van der Waals surface area contributed by atoms with Gasteiger partial charge in [-0.2, -0.15) is 8.78 Å². The van der Waals surface area contributed by atoms with E-state index in [4.69, 9.17) is 4.74 Å². The molecule has 1 amide bonds. The van der Waals surface area contributed by atoms with E-state index in [0.29, 0.717) is 18.8 Å². The molecule has 0 atom stereocenters. The van der Waals surface area contributed by atoms with Gasteiger partial charge in [-0.1, -0.05) is 12.1 Å². The highest BCUT2D eigenvalue weighted by Gasteiger charge is 2.14. The molecule has 0 fully saturated rings. The predicted molar refractivity (Wildman–Crippen MR) is 102 cm³/mol. The second kappa shape index (κ2) is 10.3. The number of non-ortho nitro benzene ring substituents is 1. The van der Waals surface area contributed by atoms with E-state index in [1.54, 1.807) is 12.1 Å². The summed E-state index contributed by atoms with van der Waals surface area (Å²) in [6.07, 6.45) is 0.148. The zero-order valence-electron chi connectivity index (χ0n) is 15.9. The summed E-state index contributed by atoms with van der Waals surface area (Å²) in [6.45, 7) is -1.95. The highest BCUT2D eigenvalue weighted by molar-refractivity contribution is 5.92. The zero-order valence-corrected chi connectivity index (χ0v) is 15.9. The van der Waals surface area contributed by atoms with Gasteiger partial charge >= 0.3 is 6.61 Å². The van der Waals surface area contributed by atoms with Crippen molar-refractivity contribution in [3.8, 4) is 11.5 Å². The minimum atomic E-state index is -2.87. The predicted octanol–water partition coefficient (Wildman–Crippen LogP) is 3.67. The number of alkyl halides is 2. The lowest BCUT2D eigenvalue weighted by atomic mass is 10.2. The van der Waals surface area contributed by atoms with E-state index in [-0.39, 0.29) is 29.5 Å². The van der Waals surface area contributed by atoms with Gasteiger partial charge in [0.1, 0.15) is 11.5 Å². The third kappa shape index (κ3) is 7.00. The fourth-order valence-corrected chi connectivity index (χ4v) is 2.58. The third-order valence-corrected chi connectivity index (χ3v) is 3.99. The number of nitrogens with zero attached hydrogens (tertiary/aromatic N) is 2. The van der Waals surface area contributed by atoms with Gasteiger partial charge in [-0.15, -0.1) is 0 Å². The number of methoxy groups -OCH3 is 1. The maximum Gasteiger partial charge on any atom is 0.387 e. The molecule has 0 aromatic heterocycles. The van der Waals surface area contributed by atoms with Gasteiger partial charge in [0, 0.05) is 31.6 Å². The Hall–Kier alpha value is -3.27. The van der Waals surface area contributed by atoms with Crippen LogP contribution in [0.25, 0.3) is 0 Å². The van der Waals surface area contributed by atoms with Crippen LogP contribution in [0.15, 0.2) is 42.5 Å². The molecule has 1 N–H and O–H groups in total. The van der Waals surface area contributed by atoms with Crippen LogP contribution in [0.5, 0.6) is 11.5 Å². The number of amides is 1. The number of nitro groups is 1. The Labute approximate surface area is 166 Å². The maximum absolute atomic E-state index is 12.2. The van der Waals surface area contributed by atoms with Gasteiger partial charge in [-0.3, -0.25) is 14.9 Å². The van der Waals surface area contributed by atoms with Crippen LogP contribution in [0.3, 0.4) is 0 Å².